The Bertz CT molecular complexity index is 271. The maximum atomic E-state index is 5.65. The predicted molar refractivity (Wildman–Crippen MR) is 68.2 cm³/mol. The van der Waals surface area contributed by atoms with E-state index in [2.05, 4.69) is 34.6 Å². The molecule has 2 heteroatoms. The van der Waals surface area contributed by atoms with Crippen molar-refractivity contribution in [1.29, 1.82) is 0 Å². The normalized spacial score (nSPS) is 12.3. The van der Waals surface area contributed by atoms with Crippen LogP contribution in [0.1, 0.15) is 12.0 Å². The Labute approximate surface area is 100 Å². The Kier molecular flexibility index (Phi) is 6.37. The number of hydrogen-bond donors (Lipinski definition) is 0. The lowest BCUT2D eigenvalue weighted by Crippen LogP contribution is -2.10. The highest BCUT2D eigenvalue weighted by atomic mass is 79.9. The molecule has 0 aliphatic rings. The van der Waals surface area contributed by atoms with Gasteiger partial charge < -0.3 is 4.74 Å². The second-order valence-electron chi connectivity index (χ2n) is 3.55. The summed E-state index contributed by atoms with van der Waals surface area (Å²) in [6, 6.07) is 10.2. The summed E-state index contributed by atoms with van der Waals surface area (Å²) in [7, 11) is 0. The number of ether oxygens (including phenoxy) is 1. The molecule has 0 heterocycles. The van der Waals surface area contributed by atoms with E-state index in [0.717, 1.165) is 18.4 Å². The molecule has 0 aliphatic carbocycles. The molecule has 0 radical (unpaired) electrons. The van der Waals surface area contributed by atoms with Gasteiger partial charge in [-0.25, -0.2) is 0 Å². The van der Waals surface area contributed by atoms with Gasteiger partial charge in [-0.05, 0) is 17.9 Å². The molecular formula is C13H17BrO. The maximum absolute atomic E-state index is 5.65. The molecule has 1 atom stereocenters. The Morgan fingerprint density at radius 3 is 2.67 bits per heavy atom. The molecule has 0 aliphatic heterocycles. The second-order valence-corrected chi connectivity index (χ2v) is 4.19. The number of alkyl halides is 1. The van der Waals surface area contributed by atoms with Crippen LogP contribution in [0.25, 0.3) is 0 Å². The van der Waals surface area contributed by atoms with Gasteiger partial charge >= 0.3 is 0 Å². The van der Waals surface area contributed by atoms with E-state index < -0.39 is 0 Å². The molecule has 0 spiro atoms. The molecule has 0 saturated carbocycles. The first-order valence-electron chi connectivity index (χ1n) is 5.15. The summed E-state index contributed by atoms with van der Waals surface area (Å²) in [4.78, 5) is 0. The minimum absolute atomic E-state index is 0.534. The zero-order valence-electron chi connectivity index (χ0n) is 8.86. The standard InChI is InChI=1S/C13H17BrO/c1-2-6-13(9-14)11-15-10-12-7-4-3-5-8-12/h2-5,7-8,13H,1,6,9-11H2. The van der Waals surface area contributed by atoms with Crippen LogP contribution >= 0.6 is 15.9 Å². The highest BCUT2D eigenvalue weighted by Gasteiger charge is 2.04. The van der Waals surface area contributed by atoms with Crippen LogP contribution in [0.15, 0.2) is 43.0 Å². The van der Waals surface area contributed by atoms with E-state index in [1.54, 1.807) is 0 Å². The zero-order chi connectivity index (χ0) is 10.9. The van der Waals surface area contributed by atoms with Crippen molar-refractivity contribution >= 4 is 15.9 Å². The summed E-state index contributed by atoms with van der Waals surface area (Å²) in [5.74, 6) is 0.534. The van der Waals surface area contributed by atoms with Crippen molar-refractivity contribution in [3.05, 3.63) is 48.6 Å². The van der Waals surface area contributed by atoms with Crippen LogP contribution in [0, 0.1) is 5.92 Å². The van der Waals surface area contributed by atoms with Gasteiger partial charge in [0.2, 0.25) is 0 Å². The summed E-state index contributed by atoms with van der Waals surface area (Å²) >= 11 is 3.48. The summed E-state index contributed by atoms with van der Waals surface area (Å²) in [5, 5.41) is 0.966. The number of benzene rings is 1. The van der Waals surface area contributed by atoms with Crippen LogP contribution in [0.5, 0.6) is 0 Å². The average Bonchev–Trinajstić information content (AvgIpc) is 2.29. The van der Waals surface area contributed by atoms with Crippen LogP contribution < -0.4 is 0 Å². The lowest BCUT2D eigenvalue weighted by atomic mass is 10.1. The molecule has 0 saturated heterocycles. The summed E-state index contributed by atoms with van der Waals surface area (Å²) in [6.45, 7) is 5.22. The van der Waals surface area contributed by atoms with E-state index in [9.17, 15) is 0 Å². The summed E-state index contributed by atoms with van der Waals surface area (Å²) in [6.07, 6.45) is 2.94. The molecule has 0 fully saturated rings. The molecule has 0 aromatic heterocycles. The molecule has 0 N–H and O–H groups in total. The summed E-state index contributed by atoms with van der Waals surface area (Å²) < 4.78 is 5.65. The maximum Gasteiger partial charge on any atom is 0.0717 e. The Balaban J connectivity index is 2.23. The molecular weight excluding hydrogens is 252 g/mol. The van der Waals surface area contributed by atoms with Crippen LogP contribution in [0.3, 0.4) is 0 Å². The van der Waals surface area contributed by atoms with Crippen LogP contribution in [0.2, 0.25) is 0 Å². The van der Waals surface area contributed by atoms with Crippen LogP contribution in [0.4, 0.5) is 0 Å². The fourth-order valence-electron chi connectivity index (χ4n) is 1.33. The van der Waals surface area contributed by atoms with E-state index in [-0.39, 0.29) is 0 Å². The molecule has 0 amide bonds. The zero-order valence-corrected chi connectivity index (χ0v) is 10.4. The van der Waals surface area contributed by atoms with Crippen LogP contribution in [-0.4, -0.2) is 11.9 Å². The number of hydrogen-bond acceptors (Lipinski definition) is 1. The molecule has 15 heavy (non-hydrogen) atoms. The highest BCUT2D eigenvalue weighted by molar-refractivity contribution is 9.09. The first-order valence-corrected chi connectivity index (χ1v) is 6.27. The van der Waals surface area contributed by atoms with Crippen LogP contribution in [-0.2, 0) is 11.3 Å². The molecule has 1 aromatic carbocycles. The third-order valence-electron chi connectivity index (χ3n) is 2.18. The number of halogens is 1. The van der Waals surface area contributed by atoms with Gasteiger partial charge in [0.15, 0.2) is 0 Å². The molecule has 1 unspecified atom stereocenters. The predicted octanol–water partition coefficient (Wildman–Crippen LogP) is 3.79. The van der Waals surface area contributed by atoms with Crippen molar-refractivity contribution in [3.8, 4) is 0 Å². The lowest BCUT2D eigenvalue weighted by Gasteiger charge is -2.12. The third-order valence-corrected chi connectivity index (χ3v) is 3.10. The monoisotopic (exact) mass is 268 g/mol. The van der Waals surface area contributed by atoms with Crippen molar-refractivity contribution in [2.24, 2.45) is 5.92 Å². The molecule has 1 rings (SSSR count). The lowest BCUT2D eigenvalue weighted by molar-refractivity contribution is 0.0945. The Hall–Kier alpha value is -0.600. The Morgan fingerprint density at radius 2 is 2.07 bits per heavy atom. The molecule has 82 valence electrons. The van der Waals surface area contributed by atoms with Crippen molar-refractivity contribution in [2.75, 3.05) is 11.9 Å². The van der Waals surface area contributed by atoms with Gasteiger partial charge in [0.05, 0.1) is 13.2 Å². The molecule has 1 nitrogen and oxygen atoms in total. The summed E-state index contributed by atoms with van der Waals surface area (Å²) in [5.41, 5.74) is 1.23. The van der Waals surface area contributed by atoms with E-state index in [1.807, 2.05) is 24.3 Å². The van der Waals surface area contributed by atoms with Gasteiger partial charge in [0, 0.05) is 5.33 Å². The van der Waals surface area contributed by atoms with E-state index >= 15 is 0 Å². The fraction of sp³-hybridized carbons (Fsp3) is 0.385. The number of rotatable bonds is 7. The quantitative estimate of drug-likeness (QED) is 0.540. The van der Waals surface area contributed by atoms with Crippen molar-refractivity contribution in [2.45, 2.75) is 13.0 Å². The van der Waals surface area contributed by atoms with E-state index in [4.69, 9.17) is 4.74 Å². The SMILES string of the molecule is C=CCC(CBr)COCc1ccccc1. The molecule has 0 bridgehead atoms. The largest absolute Gasteiger partial charge is 0.376 e. The molecule has 1 aromatic rings. The van der Waals surface area contributed by atoms with Gasteiger partial charge in [0.1, 0.15) is 0 Å². The van der Waals surface area contributed by atoms with E-state index in [0.29, 0.717) is 12.5 Å². The highest BCUT2D eigenvalue weighted by Crippen LogP contribution is 2.09. The van der Waals surface area contributed by atoms with Gasteiger partial charge in [-0.2, -0.15) is 0 Å². The first-order chi connectivity index (χ1) is 7.36. The second kappa shape index (κ2) is 7.66. The third kappa shape index (κ3) is 5.14. The Morgan fingerprint density at radius 1 is 1.33 bits per heavy atom. The topological polar surface area (TPSA) is 9.23 Å². The van der Waals surface area contributed by atoms with Gasteiger partial charge in [-0.15, -0.1) is 6.58 Å². The first kappa shape index (κ1) is 12.5. The van der Waals surface area contributed by atoms with Crippen molar-refractivity contribution in [1.82, 2.24) is 0 Å². The van der Waals surface area contributed by atoms with Gasteiger partial charge in [-0.1, -0.05) is 52.3 Å². The van der Waals surface area contributed by atoms with Crippen molar-refractivity contribution in [3.63, 3.8) is 0 Å². The van der Waals surface area contributed by atoms with Gasteiger partial charge in [0.25, 0.3) is 0 Å². The minimum Gasteiger partial charge on any atom is -0.376 e. The smallest absolute Gasteiger partial charge is 0.0717 e. The van der Waals surface area contributed by atoms with Crippen molar-refractivity contribution < 1.29 is 4.74 Å². The fourth-order valence-corrected chi connectivity index (χ4v) is 1.78. The van der Waals surface area contributed by atoms with Gasteiger partial charge in [-0.3, -0.25) is 0 Å². The number of allylic oxidation sites excluding steroid dienone is 1. The minimum atomic E-state index is 0.534. The van der Waals surface area contributed by atoms with E-state index in [1.165, 1.54) is 5.56 Å². The average molecular weight is 269 g/mol.